The Balaban J connectivity index is 1.43. The zero-order valence-electron chi connectivity index (χ0n) is 16.2. The van der Waals surface area contributed by atoms with Gasteiger partial charge >= 0.3 is 0 Å². The fourth-order valence-corrected chi connectivity index (χ4v) is 3.48. The number of hydrogen-bond donors (Lipinski definition) is 0. The standard InChI is InChI=1S/C21H22FN5O2/c1-2-27-14-9-18(25-27)21(28)26-12-7-15(8-13-26)19-20(24-11-10-23-19)29-17-5-3-16(22)4-6-17/h3-6,9-11,14-15H,2,7-8,12-13H2,1H3. The van der Waals surface area contributed by atoms with E-state index in [0.717, 1.165) is 25.1 Å². The number of nitrogens with zero attached hydrogens (tertiary/aromatic N) is 5. The molecule has 3 heterocycles. The van der Waals surface area contributed by atoms with Gasteiger partial charge in [0.2, 0.25) is 5.88 Å². The molecule has 3 aromatic rings. The van der Waals surface area contributed by atoms with Crippen molar-refractivity contribution in [3.63, 3.8) is 0 Å². The SMILES string of the molecule is CCn1ccc(C(=O)N2CCC(c3nccnc3Oc3ccc(F)cc3)CC2)n1. The molecule has 0 saturated carbocycles. The summed E-state index contributed by atoms with van der Waals surface area (Å²) >= 11 is 0. The summed E-state index contributed by atoms with van der Waals surface area (Å²) in [6.45, 7) is 3.96. The molecular formula is C21H22FN5O2. The van der Waals surface area contributed by atoms with Crippen LogP contribution in [0, 0.1) is 5.82 Å². The molecule has 0 atom stereocenters. The summed E-state index contributed by atoms with van der Waals surface area (Å²) in [4.78, 5) is 23.3. The second-order valence-corrected chi connectivity index (χ2v) is 6.93. The second-order valence-electron chi connectivity index (χ2n) is 6.93. The Morgan fingerprint density at radius 1 is 1.14 bits per heavy atom. The highest BCUT2D eigenvalue weighted by molar-refractivity contribution is 5.92. The van der Waals surface area contributed by atoms with E-state index in [2.05, 4.69) is 15.1 Å². The van der Waals surface area contributed by atoms with E-state index in [1.165, 1.54) is 12.1 Å². The lowest BCUT2D eigenvalue weighted by atomic mass is 9.93. The normalized spacial score (nSPS) is 14.8. The number of hydrogen-bond acceptors (Lipinski definition) is 5. The molecule has 0 aliphatic carbocycles. The van der Waals surface area contributed by atoms with Gasteiger partial charge in [-0.05, 0) is 50.1 Å². The first kappa shape index (κ1) is 19.0. The molecule has 0 radical (unpaired) electrons. The first-order valence-electron chi connectivity index (χ1n) is 9.71. The van der Waals surface area contributed by atoms with Crippen molar-refractivity contribution in [3.8, 4) is 11.6 Å². The van der Waals surface area contributed by atoms with E-state index >= 15 is 0 Å². The van der Waals surface area contributed by atoms with Crippen LogP contribution in [-0.2, 0) is 6.54 Å². The van der Waals surface area contributed by atoms with Gasteiger partial charge in [-0.3, -0.25) is 14.5 Å². The number of carbonyl (C=O) groups is 1. The van der Waals surface area contributed by atoms with E-state index in [4.69, 9.17) is 4.74 Å². The average Bonchev–Trinajstić information content (AvgIpc) is 3.25. The molecule has 1 fully saturated rings. The van der Waals surface area contributed by atoms with Gasteiger partial charge in [-0.25, -0.2) is 9.37 Å². The van der Waals surface area contributed by atoms with Crippen molar-refractivity contribution in [2.24, 2.45) is 0 Å². The lowest BCUT2D eigenvalue weighted by Crippen LogP contribution is -2.38. The summed E-state index contributed by atoms with van der Waals surface area (Å²) < 4.78 is 20.7. The summed E-state index contributed by atoms with van der Waals surface area (Å²) in [5, 5.41) is 4.30. The quantitative estimate of drug-likeness (QED) is 0.659. The maximum absolute atomic E-state index is 13.1. The van der Waals surface area contributed by atoms with Gasteiger partial charge in [0.05, 0.1) is 0 Å². The maximum Gasteiger partial charge on any atom is 0.274 e. The molecule has 8 heteroatoms. The van der Waals surface area contributed by atoms with Crippen LogP contribution in [0.15, 0.2) is 48.9 Å². The Morgan fingerprint density at radius 3 is 2.55 bits per heavy atom. The molecule has 0 unspecified atom stereocenters. The molecule has 2 aromatic heterocycles. The third kappa shape index (κ3) is 4.26. The summed E-state index contributed by atoms with van der Waals surface area (Å²) in [7, 11) is 0. The minimum absolute atomic E-state index is 0.0439. The highest BCUT2D eigenvalue weighted by Gasteiger charge is 2.28. The second kappa shape index (κ2) is 8.38. The average molecular weight is 395 g/mol. The number of piperidine rings is 1. The molecule has 1 amide bonds. The van der Waals surface area contributed by atoms with Crippen LogP contribution >= 0.6 is 0 Å². The molecule has 7 nitrogen and oxygen atoms in total. The fourth-order valence-electron chi connectivity index (χ4n) is 3.48. The van der Waals surface area contributed by atoms with Crippen molar-refractivity contribution in [3.05, 3.63) is 66.1 Å². The molecule has 29 heavy (non-hydrogen) atoms. The van der Waals surface area contributed by atoms with Gasteiger partial charge in [0, 0.05) is 44.1 Å². The van der Waals surface area contributed by atoms with Gasteiger partial charge in [0.1, 0.15) is 23.0 Å². The lowest BCUT2D eigenvalue weighted by Gasteiger charge is -2.31. The largest absolute Gasteiger partial charge is 0.437 e. The number of benzene rings is 1. The molecule has 0 spiro atoms. The number of carbonyl (C=O) groups excluding carboxylic acids is 1. The van der Waals surface area contributed by atoms with Gasteiger partial charge in [-0.15, -0.1) is 0 Å². The third-order valence-corrected chi connectivity index (χ3v) is 5.07. The first-order chi connectivity index (χ1) is 14.1. The molecular weight excluding hydrogens is 373 g/mol. The molecule has 0 bridgehead atoms. The number of halogens is 1. The van der Waals surface area contributed by atoms with E-state index in [9.17, 15) is 9.18 Å². The molecule has 1 aliphatic heterocycles. The van der Waals surface area contributed by atoms with Crippen molar-refractivity contribution >= 4 is 5.91 Å². The summed E-state index contributed by atoms with van der Waals surface area (Å²) in [5.41, 5.74) is 1.24. The zero-order chi connectivity index (χ0) is 20.2. The maximum atomic E-state index is 13.1. The Morgan fingerprint density at radius 2 is 1.86 bits per heavy atom. The Kier molecular flexibility index (Phi) is 5.50. The van der Waals surface area contributed by atoms with Crippen LogP contribution in [0.2, 0.25) is 0 Å². The van der Waals surface area contributed by atoms with Crippen LogP contribution in [0.5, 0.6) is 11.6 Å². The number of amides is 1. The molecule has 1 saturated heterocycles. The van der Waals surface area contributed by atoms with E-state index in [-0.39, 0.29) is 17.6 Å². The van der Waals surface area contributed by atoms with Gasteiger partial charge in [0.25, 0.3) is 5.91 Å². The van der Waals surface area contributed by atoms with Crippen LogP contribution in [0.4, 0.5) is 4.39 Å². The van der Waals surface area contributed by atoms with Crippen molar-refractivity contribution in [1.82, 2.24) is 24.6 Å². The topological polar surface area (TPSA) is 73.1 Å². The van der Waals surface area contributed by atoms with Gasteiger partial charge in [0.15, 0.2) is 0 Å². The summed E-state index contributed by atoms with van der Waals surface area (Å²) in [5.74, 6) is 0.698. The predicted octanol–water partition coefficient (Wildman–Crippen LogP) is 3.64. The summed E-state index contributed by atoms with van der Waals surface area (Å²) in [6.07, 6.45) is 6.56. The Labute approximate surface area is 168 Å². The van der Waals surface area contributed by atoms with E-state index in [0.29, 0.717) is 30.4 Å². The number of aromatic nitrogens is 4. The number of ether oxygens (including phenoxy) is 1. The highest BCUT2D eigenvalue weighted by Crippen LogP contribution is 2.33. The molecule has 0 N–H and O–H groups in total. The van der Waals surface area contributed by atoms with Crippen molar-refractivity contribution in [1.29, 1.82) is 0 Å². The van der Waals surface area contributed by atoms with Crippen molar-refractivity contribution in [2.75, 3.05) is 13.1 Å². The van der Waals surface area contributed by atoms with Crippen LogP contribution in [0.3, 0.4) is 0 Å². The number of rotatable bonds is 5. The van der Waals surface area contributed by atoms with Gasteiger partial charge in [-0.2, -0.15) is 5.10 Å². The summed E-state index contributed by atoms with van der Waals surface area (Å²) in [6, 6.07) is 7.56. The van der Waals surface area contributed by atoms with Crippen LogP contribution in [0.1, 0.15) is 41.9 Å². The monoisotopic (exact) mass is 395 g/mol. The van der Waals surface area contributed by atoms with Crippen molar-refractivity contribution in [2.45, 2.75) is 32.2 Å². The molecule has 1 aliphatic rings. The van der Waals surface area contributed by atoms with Crippen LogP contribution < -0.4 is 4.74 Å². The van der Waals surface area contributed by atoms with E-state index in [1.54, 1.807) is 35.3 Å². The van der Waals surface area contributed by atoms with Gasteiger partial charge < -0.3 is 9.64 Å². The van der Waals surface area contributed by atoms with E-state index < -0.39 is 0 Å². The Hall–Kier alpha value is -3.29. The predicted molar refractivity (Wildman–Crippen MR) is 104 cm³/mol. The zero-order valence-corrected chi connectivity index (χ0v) is 16.2. The molecule has 150 valence electrons. The molecule has 1 aromatic carbocycles. The van der Waals surface area contributed by atoms with E-state index in [1.807, 2.05) is 18.0 Å². The van der Waals surface area contributed by atoms with Crippen LogP contribution in [-0.4, -0.2) is 43.6 Å². The smallest absolute Gasteiger partial charge is 0.274 e. The first-order valence-corrected chi connectivity index (χ1v) is 9.71. The third-order valence-electron chi connectivity index (χ3n) is 5.07. The number of likely N-dealkylation sites (tertiary alicyclic amines) is 1. The lowest BCUT2D eigenvalue weighted by molar-refractivity contribution is 0.0704. The van der Waals surface area contributed by atoms with Crippen LogP contribution in [0.25, 0.3) is 0 Å². The molecule has 4 rings (SSSR count). The minimum atomic E-state index is -0.322. The highest BCUT2D eigenvalue weighted by atomic mass is 19.1. The fraction of sp³-hybridized carbons (Fsp3) is 0.333. The minimum Gasteiger partial charge on any atom is -0.437 e. The Bertz CT molecular complexity index is 981. The number of aryl methyl sites for hydroxylation is 1. The van der Waals surface area contributed by atoms with Gasteiger partial charge in [-0.1, -0.05) is 0 Å². The van der Waals surface area contributed by atoms with Crippen molar-refractivity contribution < 1.29 is 13.9 Å².